The number of hydrogen-bond donors (Lipinski definition) is 1. The van der Waals surface area contributed by atoms with Gasteiger partial charge in [-0.05, 0) is 17.5 Å². The minimum atomic E-state index is -0.180. The van der Waals surface area contributed by atoms with Crippen molar-refractivity contribution in [2.75, 3.05) is 0 Å². The van der Waals surface area contributed by atoms with Crippen molar-refractivity contribution in [2.45, 2.75) is 0 Å². The Morgan fingerprint density at radius 3 is 2.50 bits per heavy atom. The first-order valence-electron chi connectivity index (χ1n) is 7.46. The molecule has 3 aromatic heterocycles. The van der Waals surface area contributed by atoms with Gasteiger partial charge in [0, 0.05) is 40.0 Å². The van der Waals surface area contributed by atoms with Crippen LogP contribution in [-0.2, 0) is 0 Å². The van der Waals surface area contributed by atoms with Crippen LogP contribution in [0.4, 0.5) is 0 Å². The molecule has 0 radical (unpaired) electrons. The molecule has 4 aromatic rings. The zero-order valence-electron chi connectivity index (χ0n) is 12.6. The third-order valence-electron chi connectivity index (χ3n) is 3.63. The Labute approximate surface area is 142 Å². The van der Waals surface area contributed by atoms with E-state index < -0.39 is 0 Å². The molecule has 0 aliphatic carbocycles. The summed E-state index contributed by atoms with van der Waals surface area (Å²) in [5.74, 6) is 0.555. The first kappa shape index (κ1) is 14.5. The Hall–Kier alpha value is -3.05. The maximum Gasteiger partial charge on any atom is 0.251 e. The predicted molar refractivity (Wildman–Crippen MR) is 96.8 cm³/mol. The van der Waals surface area contributed by atoms with Crippen molar-refractivity contribution < 1.29 is 0 Å². The highest BCUT2D eigenvalue weighted by molar-refractivity contribution is 7.13. The molecule has 1 N–H and O–H groups in total. The topological polar surface area (TPSA) is 58.6 Å². The number of rotatable bonds is 3. The Morgan fingerprint density at radius 2 is 1.71 bits per heavy atom. The molecule has 3 heterocycles. The van der Waals surface area contributed by atoms with Gasteiger partial charge >= 0.3 is 0 Å². The van der Waals surface area contributed by atoms with Crippen molar-refractivity contribution in [1.82, 2.24) is 15.0 Å². The largest absolute Gasteiger partial charge is 0.306 e. The van der Waals surface area contributed by atoms with Gasteiger partial charge in [0.15, 0.2) is 0 Å². The molecular weight excluding hydrogens is 318 g/mol. The predicted octanol–water partition coefficient (Wildman–Crippen LogP) is 4.23. The van der Waals surface area contributed by atoms with Crippen molar-refractivity contribution in [2.24, 2.45) is 0 Å². The maximum absolute atomic E-state index is 12.1. The normalized spacial score (nSPS) is 10.7. The van der Waals surface area contributed by atoms with Crippen LogP contribution in [0.3, 0.4) is 0 Å². The van der Waals surface area contributed by atoms with Gasteiger partial charge in [-0.3, -0.25) is 9.78 Å². The number of benzene rings is 1. The highest BCUT2D eigenvalue weighted by Crippen LogP contribution is 2.27. The second-order valence-corrected chi connectivity index (χ2v) is 6.23. The van der Waals surface area contributed by atoms with Crippen molar-refractivity contribution in [3.63, 3.8) is 0 Å². The van der Waals surface area contributed by atoms with Crippen LogP contribution in [0.15, 0.2) is 77.2 Å². The molecule has 0 saturated carbocycles. The van der Waals surface area contributed by atoms with Crippen LogP contribution in [0.25, 0.3) is 33.1 Å². The van der Waals surface area contributed by atoms with Crippen LogP contribution in [0.2, 0.25) is 0 Å². The van der Waals surface area contributed by atoms with Gasteiger partial charge in [-0.15, -0.1) is 11.3 Å². The highest BCUT2D eigenvalue weighted by atomic mass is 32.1. The van der Waals surface area contributed by atoms with Gasteiger partial charge in [0.25, 0.3) is 5.56 Å². The number of pyridine rings is 1. The van der Waals surface area contributed by atoms with Crippen LogP contribution < -0.4 is 5.56 Å². The van der Waals surface area contributed by atoms with Gasteiger partial charge < -0.3 is 4.98 Å². The highest BCUT2D eigenvalue weighted by Gasteiger charge is 2.08. The second kappa shape index (κ2) is 6.22. The zero-order valence-corrected chi connectivity index (χ0v) is 13.5. The number of H-pyrrole nitrogens is 1. The fourth-order valence-electron chi connectivity index (χ4n) is 2.50. The molecule has 0 atom stereocenters. The summed E-state index contributed by atoms with van der Waals surface area (Å²) in [4.78, 5) is 24.9. The fourth-order valence-corrected chi connectivity index (χ4v) is 3.20. The van der Waals surface area contributed by atoms with Crippen molar-refractivity contribution in [3.05, 3.63) is 82.7 Å². The van der Waals surface area contributed by atoms with E-state index in [0.717, 1.165) is 21.6 Å². The summed E-state index contributed by atoms with van der Waals surface area (Å²) in [5.41, 5.74) is 3.15. The molecule has 116 valence electrons. The standard InChI is InChI=1S/C19H13N3OS/c23-18-10-16(21-19(22-18)13-5-2-1-3-6-13)14-9-15(12-20-11-14)17-7-4-8-24-17/h1-12H,(H,21,22,23). The van der Waals surface area contributed by atoms with Crippen molar-refractivity contribution >= 4 is 11.3 Å². The number of aromatic amines is 1. The Morgan fingerprint density at radius 1 is 0.875 bits per heavy atom. The van der Waals surface area contributed by atoms with Gasteiger partial charge in [0.05, 0.1) is 5.69 Å². The van der Waals surface area contributed by atoms with Crippen LogP contribution in [0.5, 0.6) is 0 Å². The summed E-state index contributed by atoms with van der Waals surface area (Å²) in [5, 5.41) is 2.03. The lowest BCUT2D eigenvalue weighted by molar-refractivity contribution is 1.13. The summed E-state index contributed by atoms with van der Waals surface area (Å²) in [6, 6.07) is 17.2. The lowest BCUT2D eigenvalue weighted by Gasteiger charge is -2.06. The second-order valence-electron chi connectivity index (χ2n) is 5.28. The van der Waals surface area contributed by atoms with Crippen molar-refractivity contribution in [1.29, 1.82) is 0 Å². The minimum Gasteiger partial charge on any atom is -0.306 e. The van der Waals surface area contributed by atoms with E-state index in [2.05, 4.69) is 15.0 Å². The van der Waals surface area contributed by atoms with Crippen LogP contribution >= 0.6 is 11.3 Å². The van der Waals surface area contributed by atoms with Gasteiger partial charge in [-0.2, -0.15) is 0 Å². The van der Waals surface area contributed by atoms with E-state index in [1.165, 1.54) is 6.07 Å². The number of nitrogens with one attached hydrogen (secondary N) is 1. The van der Waals surface area contributed by atoms with E-state index in [1.807, 2.05) is 60.1 Å². The molecule has 0 saturated heterocycles. The summed E-state index contributed by atoms with van der Waals surface area (Å²) in [6.45, 7) is 0. The third kappa shape index (κ3) is 2.89. The van der Waals surface area contributed by atoms with E-state index >= 15 is 0 Å². The molecule has 5 heteroatoms. The minimum absolute atomic E-state index is 0.180. The molecule has 24 heavy (non-hydrogen) atoms. The Bertz CT molecular complexity index is 1020. The lowest BCUT2D eigenvalue weighted by Crippen LogP contribution is -2.08. The zero-order chi connectivity index (χ0) is 16.4. The molecule has 0 spiro atoms. The third-order valence-corrected chi connectivity index (χ3v) is 4.55. The molecule has 1 aromatic carbocycles. The molecule has 0 fully saturated rings. The number of hydrogen-bond acceptors (Lipinski definition) is 4. The SMILES string of the molecule is O=c1cc(-c2cncc(-c3cccs3)c2)nc(-c2ccccc2)[nH]1. The average Bonchev–Trinajstić information content (AvgIpc) is 3.17. The van der Waals surface area contributed by atoms with Gasteiger partial charge in [-0.1, -0.05) is 36.4 Å². The van der Waals surface area contributed by atoms with E-state index in [1.54, 1.807) is 17.5 Å². The van der Waals surface area contributed by atoms with Gasteiger partial charge in [-0.25, -0.2) is 4.98 Å². The van der Waals surface area contributed by atoms with Crippen molar-refractivity contribution in [3.8, 4) is 33.1 Å². The van der Waals surface area contributed by atoms with Crippen LogP contribution in [0.1, 0.15) is 0 Å². The molecule has 4 nitrogen and oxygen atoms in total. The molecule has 0 unspecified atom stereocenters. The van der Waals surface area contributed by atoms with Crippen LogP contribution in [-0.4, -0.2) is 15.0 Å². The summed E-state index contributed by atoms with van der Waals surface area (Å²) in [7, 11) is 0. The summed E-state index contributed by atoms with van der Waals surface area (Å²) >= 11 is 1.65. The number of nitrogens with zero attached hydrogens (tertiary/aromatic N) is 2. The Kier molecular flexibility index (Phi) is 3.76. The first-order chi connectivity index (χ1) is 11.8. The average molecular weight is 331 g/mol. The van der Waals surface area contributed by atoms with Crippen LogP contribution in [0, 0.1) is 0 Å². The Balaban J connectivity index is 1.81. The molecule has 0 aliphatic rings. The van der Waals surface area contributed by atoms with E-state index in [0.29, 0.717) is 11.5 Å². The van der Waals surface area contributed by atoms with E-state index in [9.17, 15) is 4.79 Å². The van der Waals surface area contributed by atoms with E-state index in [4.69, 9.17) is 0 Å². The fraction of sp³-hybridized carbons (Fsp3) is 0. The van der Waals surface area contributed by atoms with E-state index in [-0.39, 0.29) is 5.56 Å². The number of aromatic nitrogens is 3. The van der Waals surface area contributed by atoms with Gasteiger partial charge in [0.2, 0.25) is 0 Å². The molecular formula is C19H13N3OS. The lowest BCUT2D eigenvalue weighted by atomic mass is 10.1. The molecule has 0 bridgehead atoms. The van der Waals surface area contributed by atoms with Gasteiger partial charge in [0.1, 0.15) is 5.82 Å². The first-order valence-corrected chi connectivity index (χ1v) is 8.34. The smallest absolute Gasteiger partial charge is 0.251 e. The monoisotopic (exact) mass is 331 g/mol. The maximum atomic E-state index is 12.1. The quantitative estimate of drug-likeness (QED) is 0.611. The summed E-state index contributed by atoms with van der Waals surface area (Å²) < 4.78 is 0. The molecule has 4 rings (SSSR count). The molecule has 0 aliphatic heterocycles. The molecule has 0 amide bonds. The number of thiophene rings is 1. The summed E-state index contributed by atoms with van der Waals surface area (Å²) in [6.07, 6.45) is 3.55.